The summed E-state index contributed by atoms with van der Waals surface area (Å²) in [5.41, 5.74) is 4.32. The largest absolute Gasteiger partial charge is 0.382 e. The van der Waals surface area contributed by atoms with E-state index in [4.69, 9.17) is 9.73 Å². The third-order valence-corrected chi connectivity index (χ3v) is 5.75. The number of nitrogens with one attached hydrogen (secondary N) is 2. The molecule has 0 spiro atoms. The number of ether oxygens (including phenoxy) is 1. The summed E-state index contributed by atoms with van der Waals surface area (Å²) >= 11 is 0. The lowest BCUT2D eigenvalue weighted by Gasteiger charge is -2.22. The molecule has 1 aliphatic rings. The minimum atomic E-state index is 0.164. The highest BCUT2D eigenvalue weighted by atomic mass is 16.5. The molecule has 164 valence electrons. The summed E-state index contributed by atoms with van der Waals surface area (Å²) < 4.78 is 7.42. The van der Waals surface area contributed by atoms with Crippen LogP contribution in [0.5, 0.6) is 0 Å². The third-order valence-electron chi connectivity index (χ3n) is 5.75. The summed E-state index contributed by atoms with van der Waals surface area (Å²) in [7, 11) is 1.97. The van der Waals surface area contributed by atoms with E-state index >= 15 is 0 Å². The van der Waals surface area contributed by atoms with Crippen LogP contribution in [0.15, 0.2) is 23.2 Å². The molecule has 0 saturated carbocycles. The molecule has 1 aromatic carbocycles. The van der Waals surface area contributed by atoms with E-state index in [1.165, 1.54) is 42.4 Å². The van der Waals surface area contributed by atoms with Crippen LogP contribution in [-0.2, 0) is 31.2 Å². The first kappa shape index (κ1) is 22.3. The van der Waals surface area contributed by atoms with Crippen molar-refractivity contribution in [1.29, 1.82) is 0 Å². The summed E-state index contributed by atoms with van der Waals surface area (Å²) in [6.45, 7) is 8.94. The zero-order valence-corrected chi connectivity index (χ0v) is 18.9. The summed E-state index contributed by atoms with van der Waals surface area (Å²) in [5.74, 6) is 2.53. The zero-order valence-electron chi connectivity index (χ0n) is 18.9. The Morgan fingerprint density at radius 2 is 2.03 bits per heavy atom. The Hall–Kier alpha value is -2.41. The normalized spacial score (nSPS) is 15.0. The Balaban J connectivity index is 1.67. The number of hydrogen-bond acceptors (Lipinski definition) is 4. The van der Waals surface area contributed by atoms with Gasteiger partial charge in [0.2, 0.25) is 0 Å². The Morgan fingerprint density at radius 1 is 1.23 bits per heavy atom. The molecule has 1 aliphatic carbocycles. The number of hydrogen-bond donors (Lipinski definition) is 2. The fraction of sp³-hybridized carbons (Fsp3) is 0.609. The van der Waals surface area contributed by atoms with E-state index in [1.54, 1.807) is 0 Å². The van der Waals surface area contributed by atoms with Gasteiger partial charge < -0.3 is 19.9 Å². The lowest BCUT2D eigenvalue weighted by Crippen LogP contribution is -2.39. The maximum atomic E-state index is 5.44. The molecule has 1 atom stereocenters. The number of benzene rings is 1. The Bertz CT molecular complexity index is 844. The molecular formula is C23H36N6O. The van der Waals surface area contributed by atoms with Gasteiger partial charge in [-0.25, -0.2) is 4.99 Å². The Morgan fingerprint density at radius 3 is 2.77 bits per heavy atom. The predicted octanol–water partition coefficient (Wildman–Crippen LogP) is 3.23. The number of rotatable bonds is 9. The third kappa shape index (κ3) is 6.05. The minimum absolute atomic E-state index is 0.164. The van der Waals surface area contributed by atoms with Crippen LogP contribution in [0.1, 0.15) is 67.5 Å². The van der Waals surface area contributed by atoms with Gasteiger partial charge in [0.25, 0.3) is 0 Å². The first-order valence-corrected chi connectivity index (χ1v) is 11.2. The lowest BCUT2D eigenvalue weighted by molar-refractivity contribution is 0.145. The van der Waals surface area contributed by atoms with E-state index in [-0.39, 0.29) is 6.04 Å². The van der Waals surface area contributed by atoms with Crippen molar-refractivity contribution < 1.29 is 4.74 Å². The van der Waals surface area contributed by atoms with Crippen LogP contribution in [0, 0.1) is 6.92 Å². The monoisotopic (exact) mass is 412 g/mol. The molecule has 1 heterocycles. The number of aromatic nitrogens is 3. The summed E-state index contributed by atoms with van der Waals surface area (Å²) in [5, 5.41) is 15.4. The van der Waals surface area contributed by atoms with Crippen LogP contribution >= 0.6 is 0 Å². The molecule has 0 aliphatic heterocycles. The number of guanidine groups is 1. The maximum absolute atomic E-state index is 5.44. The average molecular weight is 413 g/mol. The Kier molecular flexibility index (Phi) is 8.25. The number of nitrogens with zero attached hydrogens (tertiary/aromatic N) is 4. The van der Waals surface area contributed by atoms with Gasteiger partial charge in [-0.3, -0.25) is 0 Å². The molecule has 3 rings (SSSR count). The van der Waals surface area contributed by atoms with Crippen molar-refractivity contribution in [2.24, 2.45) is 12.0 Å². The molecule has 0 saturated heterocycles. The van der Waals surface area contributed by atoms with Crippen LogP contribution in [0.4, 0.5) is 0 Å². The van der Waals surface area contributed by atoms with Gasteiger partial charge in [-0.05, 0) is 69.6 Å². The number of aryl methyl sites for hydroxylation is 3. The molecule has 0 bridgehead atoms. The summed E-state index contributed by atoms with van der Waals surface area (Å²) in [6.07, 6.45) is 5.94. The van der Waals surface area contributed by atoms with Gasteiger partial charge in [0, 0.05) is 26.8 Å². The molecule has 7 nitrogen and oxygen atoms in total. The van der Waals surface area contributed by atoms with Crippen LogP contribution in [0.25, 0.3) is 0 Å². The van der Waals surface area contributed by atoms with Crippen molar-refractivity contribution in [2.45, 2.75) is 65.5 Å². The summed E-state index contributed by atoms with van der Waals surface area (Å²) in [6, 6.07) is 7.08. The highest BCUT2D eigenvalue weighted by molar-refractivity contribution is 5.80. The molecule has 0 fully saturated rings. The van der Waals surface area contributed by atoms with E-state index in [1.807, 2.05) is 25.5 Å². The molecule has 1 unspecified atom stereocenters. The second kappa shape index (κ2) is 11.1. The van der Waals surface area contributed by atoms with Crippen LogP contribution < -0.4 is 10.6 Å². The molecule has 1 aromatic heterocycles. The predicted molar refractivity (Wildman–Crippen MR) is 121 cm³/mol. The van der Waals surface area contributed by atoms with E-state index in [0.717, 1.165) is 43.8 Å². The van der Waals surface area contributed by atoms with Gasteiger partial charge in [0.1, 0.15) is 12.4 Å². The van der Waals surface area contributed by atoms with Crippen LogP contribution in [0.3, 0.4) is 0 Å². The van der Waals surface area contributed by atoms with Crippen molar-refractivity contribution in [3.8, 4) is 0 Å². The molecule has 0 amide bonds. The van der Waals surface area contributed by atoms with Crippen molar-refractivity contribution >= 4 is 5.96 Å². The van der Waals surface area contributed by atoms with Crippen molar-refractivity contribution in [3.63, 3.8) is 0 Å². The smallest absolute Gasteiger partial charge is 0.192 e. The lowest BCUT2D eigenvalue weighted by atomic mass is 9.89. The van der Waals surface area contributed by atoms with Crippen molar-refractivity contribution in [2.75, 3.05) is 19.8 Å². The molecule has 7 heteroatoms. The van der Waals surface area contributed by atoms with Crippen LogP contribution in [0.2, 0.25) is 0 Å². The van der Waals surface area contributed by atoms with E-state index < -0.39 is 0 Å². The fourth-order valence-electron chi connectivity index (χ4n) is 3.73. The van der Waals surface area contributed by atoms with E-state index in [9.17, 15) is 0 Å². The van der Waals surface area contributed by atoms with Crippen LogP contribution in [-0.4, -0.2) is 40.5 Å². The van der Waals surface area contributed by atoms with Crippen molar-refractivity contribution in [3.05, 3.63) is 46.5 Å². The molecule has 30 heavy (non-hydrogen) atoms. The van der Waals surface area contributed by atoms with Gasteiger partial charge in [0.15, 0.2) is 11.8 Å². The molecule has 0 radical (unpaired) electrons. The molecule has 2 N–H and O–H groups in total. The van der Waals surface area contributed by atoms with Gasteiger partial charge in [-0.2, -0.15) is 0 Å². The highest BCUT2D eigenvalue weighted by Gasteiger charge is 2.14. The average Bonchev–Trinajstić information content (AvgIpc) is 3.08. The first-order chi connectivity index (χ1) is 14.6. The quantitative estimate of drug-likeness (QED) is 0.376. The fourth-order valence-corrected chi connectivity index (χ4v) is 3.73. The van der Waals surface area contributed by atoms with Gasteiger partial charge in [-0.1, -0.05) is 18.2 Å². The number of aliphatic imine (C=N–C) groups is 1. The van der Waals surface area contributed by atoms with E-state index in [0.29, 0.717) is 6.54 Å². The van der Waals surface area contributed by atoms with Crippen molar-refractivity contribution in [1.82, 2.24) is 25.4 Å². The van der Waals surface area contributed by atoms with Gasteiger partial charge in [0.05, 0.1) is 6.04 Å². The molecular weight excluding hydrogens is 376 g/mol. The second-order valence-electron chi connectivity index (χ2n) is 7.97. The molecule has 2 aromatic rings. The SMILES string of the molecule is CCOCCCNC(=NCc1nnc(C)n1C)NC(C)c1ccc2c(c1)CCCC2. The zero-order chi connectivity index (χ0) is 21.3. The van der Waals surface area contributed by atoms with E-state index in [2.05, 4.69) is 46.0 Å². The minimum Gasteiger partial charge on any atom is -0.382 e. The summed E-state index contributed by atoms with van der Waals surface area (Å²) in [4.78, 5) is 4.77. The first-order valence-electron chi connectivity index (χ1n) is 11.2. The number of fused-ring (bicyclic) bond motifs is 1. The Labute approximate surface area is 180 Å². The topological polar surface area (TPSA) is 76.4 Å². The maximum Gasteiger partial charge on any atom is 0.192 e. The van der Waals surface area contributed by atoms with Gasteiger partial charge >= 0.3 is 0 Å². The second-order valence-corrected chi connectivity index (χ2v) is 7.97. The highest BCUT2D eigenvalue weighted by Crippen LogP contribution is 2.24. The van der Waals surface area contributed by atoms with Gasteiger partial charge in [-0.15, -0.1) is 10.2 Å². The standard InChI is InChI=1S/C23H36N6O/c1-5-30-14-8-13-24-23(25-16-22-28-27-18(3)29(22)4)26-17(2)20-12-11-19-9-6-7-10-21(19)15-20/h11-12,15,17H,5-10,13-14,16H2,1-4H3,(H2,24,25,26).